The first-order chi connectivity index (χ1) is 8.79. The van der Waals surface area contributed by atoms with Gasteiger partial charge in [-0.3, -0.25) is 0 Å². The van der Waals surface area contributed by atoms with E-state index in [4.69, 9.17) is 0 Å². The van der Waals surface area contributed by atoms with Gasteiger partial charge in [-0.2, -0.15) is 0 Å². The van der Waals surface area contributed by atoms with Gasteiger partial charge < -0.3 is 5.32 Å². The van der Waals surface area contributed by atoms with Crippen LogP contribution in [0.25, 0.3) is 10.4 Å². The molecule has 1 aromatic heterocycles. The molecule has 3 rings (SSSR count). The maximum Gasteiger partial charge on any atom is 0.0441 e. The Morgan fingerprint density at radius 3 is 2.67 bits per heavy atom. The number of hydrogen-bond acceptors (Lipinski definition) is 2. The van der Waals surface area contributed by atoms with E-state index >= 15 is 0 Å². The van der Waals surface area contributed by atoms with Crippen molar-refractivity contribution in [2.24, 2.45) is 5.92 Å². The van der Waals surface area contributed by atoms with Crippen LogP contribution in [0.3, 0.4) is 0 Å². The van der Waals surface area contributed by atoms with Crippen molar-refractivity contribution in [3.05, 3.63) is 45.7 Å². The molecule has 1 nitrogen and oxygen atoms in total. The van der Waals surface area contributed by atoms with E-state index in [-0.39, 0.29) is 0 Å². The van der Waals surface area contributed by atoms with E-state index in [1.807, 2.05) is 11.3 Å². The molecule has 0 aliphatic heterocycles. The lowest BCUT2D eigenvalue weighted by molar-refractivity contribution is 0.537. The summed E-state index contributed by atoms with van der Waals surface area (Å²) in [6.07, 6.45) is 2.74. The molecule has 1 aliphatic rings. The first kappa shape index (κ1) is 12.4. The van der Waals surface area contributed by atoms with Crippen molar-refractivity contribution >= 4 is 27.3 Å². The molecule has 1 saturated carbocycles. The monoisotopic (exact) mass is 321 g/mol. The highest BCUT2D eigenvalue weighted by Crippen LogP contribution is 2.44. The summed E-state index contributed by atoms with van der Waals surface area (Å²) in [7, 11) is 2.07. The predicted molar refractivity (Wildman–Crippen MR) is 82.0 cm³/mol. The summed E-state index contributed by atoms with van der Waals surface area (Å²) in [5, 5.41) is 3.46. The summed E-state index contributed by atoms with van der Waals surface area (Å²) < 4.78 is 1.17. The van der Waals surface area contributed by atoms with E-state index in [0.717, 1.165) is 5.92 Å². The molecule has 0 amide bonds. The van der Waals surface area contributed by atoms with Crippen LogP contribution in [0, 0.1) is 5.92 Å². The molecular weight excluding hydrogens is 306 g/mol. The van der Waals surface area contributed by atoms with Crippen LogP contribution in [0.5, 0.6) is 0 Å². The van der Waals surface area contributed by atoms with E-state index < -0.39 is 0 Å². The summed E-state index contributed by atoms with van der Waals surface area (Å²) in [4.78, 5) is 2.81. The number of hydrogen-bond donors (Lipinski definition) is 1. The van der Waals surface area contributed by atoms with Gasteiger partial charge >= 0.3 is 0 Å². The molecule has 3 heteroatoms. The molecule has 0 radical (unpaired) electrons. The SMILES string of the molecule is CNC(c1ccc(-c2ccccc2Br)s1)C1CC1. The minimum absolute atomic E-state index is 0.547. The van der Waals surface area contributed by atoms with E-state index in [1.54, 1.807) is 0 Å². The Balaban J connectivity index is 1.91. The fourth-order valence-electron chi connectivity index (χ4n) is 2.37. The topological polar surface area (TPSA) is 12.0 Å². The highest BCUT2D eigenvalue weighted by molar-refractivity contribution is 9.10. The van der Waals surface area contributed by atoms with Gasteiger partial charge in [0.15, 0.2) is 0 Å². The lowest BCUT2D eigenvalue weighted by atomic mass is 10.1. The Morgan fingerprint density at radius 1 is 1.22 bits per heavy atom. The summed E-state index contributed by atoms with van der Waals surface area (Å²) in [5.74, 6) is 0.848. The lowest BCUT2D eigenvalue weighted by Gasteiger charge is -2.12. The average Bonchev–Trinajstić information content (AvgIpc) is 3.09. The van der Waals surface area contributed by atoms with E-state index in [0.29, 0.717) is 6.04 Å². The molecular formula is C15H16BrNS. The number of nitrogens with one attached hydrogen (secondary N) is 1. The molecule has 1 aromatic carbocycles. The Labute approximate surface area is 120 Å². The Hall–Kier alpha value is -0.640. The normalized spacial score (nSPS) is 16.8. The van der Waals surface area contributed by atoms with Crippen molar-refractivity contribution in [1.82, 2.24) is 5.32 Å². The minimum Gasteiger partial charge on any atom is -0.312 e. The van der Waals surface area contributed by atoms with Crippen LogP contribution in [-0.4, -0.2) is 7.05 Å². The van der Waals surface area contributed by atoms with Crippen molar-refractivity contribution in [2.45, 2.75) is 18.9 Å². The van der Waals surface area contributed by atoms with Crippen molar-refractivity contribution in [2.75, 3.05) is 7.05 Å². The van der Waals surface area contributed by atoms with Gasteiger partial charge in [-0.15, -0.1) is 11.3 Å². The zero-order chi connectivity index (χ0) is 12.5. The molecule has 1 unspecified atom stereocenters. The smallest absolute Gasteiger partial charge is 0.0441 e. The highest BCUT2D eigenvalue weighted by Gasteiger charge is 2.32. The number of thiophene rings is 1. The highest BCUT2D eigenvalue weighted by atomic mass is 79.9. The standard InChI is InChI=1S/C15H16BrNS/c1-17-15(10-6-7-10)14-9-8-13(18-14)11-4-2-3-5-12(11)16/h2-5,8-10,15,17H,6-7H2,1H3. The molecule has 0 bridgehead atoms. The van der Waals surface area contributed by atoms with Crippen molar-refractivity contribution in [3.63, 3.8) is 0 Å². The predicted octanol–water partition coefficient (Wildman–Crippen LogP) is 4.85. The van der Waals surface area contributed by atoms with Gasteiger partial charge in [0.25, 0.3) is 0 Å². The molecule has 0 spiro atoms. The van der Waals surface area contributed by atoms with Gasteiger partial charge in [-0.05, 0) is 44.0 Å². The first-order valence-electron chi connectivity index (χ1n) is 6.31. The number of benzene rings is 1. The average molecular weight is 322 g/mol. The maximum absolute atomic E-state index is 3.63. The van der Waals surface area contributed by atoms with Crippen LogP contribution in [0.4, 0.5) is 0 Å². The van der Waals surface area contributed by atoms with Crippen LogP contribution < -0.4 is 5.32 Å². The van der Waals surface area contributed by atoms with Crippen LogP contribution in [0.1, 0.15) is 23.8 Å². The quantitative estimate of drug-likeness (QED) is 0.848. The molecule has 18 heavy (non-hydrogen) atoms. The summed E-state index contributed by atoms with van der Waals surface area (Å²) >= 11 is 5.54. The van der Waals surface area contributed by atoms with Gasteiger partial charge in [-0.1, -0.05) is 34.1 Å². The molecule has 0 saturated heterocycles. The van der Waals surface area contributed by atoms with Gasteiger partial charge in [0, 0.05) is 25.8 Å². The van der Waals surface area contributed by atoms with Gasteiger partial charge in [0.1, 0.15) is 0 Å². The number of halogens is 1. The first-order valence-corrected chi connectivity index (χ1v) is 7.92. The molecule has 2 aromatic rings. The van der Waals surface area contributed by atoms with Crippen molar-refractivity contribution in [1.29, 1.82) is 0 Å². The van der Waals surface area contributed by atoms with Gasteiger partial charge in [-0.25, -0.2) is 0 Å². The van der Waals surface area contributed by atoms with Gasteiger partial charge in [0.2, 0.25) is 0 Å². The zero-order valence-electron chi connectivity index (χ0n) is 10.3. The second-order valence-corrected chi connectivity index (χ2v) is 6.76. The maximum atomic E-state index is 3.63. The number of rotatable bonds is 4. The Bertz CT molecular complexity index is 545. The second kappa shape index (κ2) is 5.16. The van der Waals surface area contributed by atoms with Crippen molar-refractivity contribution in [3.8, 4) is 10.4 Å². The summed E-state index contributed by atoms with van der Waals surface area (Å²) in [5.41, 5.74) is 1.29. The van der Waals surface area contributed by atoms with Gasteiger partial charge in [0.05, 0.1) is 0 Å². The summed E-state index contributed by atoms with van der Waals surface area (Å²) in [6, 6.07) is 13.5. The minimum atomic E-state index is 0.547. The second-order valence-electron chi connectivity index (χ2n) is 4.79. The van der Waals surface area contributed by atoms with Crippen molar-refractivity contribution < 1.29 is 0 Å². The third kappa shape index (κ3) is 2.40. The van der Waals surface area contributed by atoms with Crippen LogP contribution in [-0.2, 0) is 0 Å². The van der Waals surface area contributed by atoms with Crippen LogP contribution in [0.2, 0.25) is 0 Å². The van der Waals surface area contributed by atoms with Crippen LogP contribution >= 0.6 is 27.3 Å². The zero-order valence-corrected chi connectivity index (χ0v) is 12.7. The lowest BCUT2D eigenvalue weighted by Crippen LogP contribution is -2.16. The molecule has 1 fully saturated rings. The van der Waals surface area contributed by atoms with E-state index in [2.05, 4.69) is 64.7 Å². The van der Waals surface area contributed by atoms with E-state index in [1.165, 1.54) is 32.6 Å². The Morgan fingerprint density at radius 2 is 2.00 bits per heavy atom. The fourth-order valence-corrected chi connectivity index (χ4v) is 4.25. The van der Waals surface area contributed by atoms with Crippen LogP contribution in [0.15, 0.2) is 40.9 Å². The summed E-state index contributed by atoms with van der Waals surface area (Å²) in [6.45, 7) is 0. The molecule has 1 atom stereocenters. The van der Waals surface area contributed by atoms with E-state index in [9.17, 15) is 0 Å². The largest absolute Gasteiger partial charge is 0.312 e. The Kier molecular flexibility index (Phi) is 3.55. The molecule has 1 heterocycles. The molecule has 1 aliphatic carbocycles. The third-order valence-electron chi connectivity index (χ3n) is 3.48. The third-order valence-corrected chi connectivity index (χ3v) is 5.37. The molecule has 1 N–H and O–H groups in total. The molecule has 94 valence electrons. The fraction of sp³-hybridized carbons (Fsp3) is 0.333.